The molecule has 0 spiro atoms. The molecule has 2 N–H and O–H groups in total. The van der Waals surface area contributed by atoms with E-state index in [0.29, 0.717) is 41.7 Å². The van der Waals surface area contributed by atoms with Gasteiger partial charge < -0.3 is 24.6 Å². The van der Waals surface area contributed by atoms with Gasteiger partial charge in [-0.15, -0.1) is 0 Å². The number of rotatable bonds is 9. The Kier molecular flexibility index (Phi) is 8.14. The summed E-state index contributed by atoms with van der Waals surface area (Å²) < 4.78 is 11.4. The quantitative estimate of drug-likeness (QED) is 0.214. The van der Waals surface area contributed by atoms with Crippen LogP contribution in [0.25, 0.3) is 5.76 Å². The standard InChI is InChI=1S/C31H34N2O6/c1-6-38-26-17-20(10-15-25(26)34)28-27(29(35)21-8-7-9-24(16-21)39-18-19(2)3)30(36)31(37)33(28)23-13-11-22(12-14-23)32(4)5/h7-17,19,28,34-35H,6,18H2,1-5H3/b29-27-. The van der Waals surface area contributed by atoms with Crippen LogP contribution in [0.2, 0.25) is 0 Å². The highest BCUT2D eigenvalue weighted by Gasteiger charge is 2.47. The number of ether oxygens (including phenoxy) is 2. The average molecular weight is 531 g/mol. The molecule has 8 nitrogen and oxygen atoms in total. The van der Waals surface area contributed by atoms with Crippen molar-refractivity contribution in [2.24, 2.45) is 5.92 Å². The zero-order chi connectivity index (χ0) is 28.3. The molecule has 8 heteroatoms. The summed E-state index contributed by atoms with van der Waals surface area (Å²) in [5.41, 5.74) is 2.21. The van der Waals surface area contributed by atoms with Gasteiger partial charge in [-0.3, -0.25) is 14.5 Å². The van der Waals surface area contributed by atoms with Crippen LogP contribution in [0.4, 0.5) is 11.4 Å². The van der Waals surface area contributed by atoms with E-state index in [1.165, 1.54) is 11.0 Å². The number of anilines is 2. The van der Waals surface area contributed by atoms with Gasteiger partial charge in [-0.05, 0) is 66.9 Å². The van der Waals surface area contributed by atoms with E-state index in [2.05, 4.69) is 0 Å². The maximum atomic E-state index is 13.5. The highest BCUT2D eigenvalue weighted by atomic mass is 16.5. The van der Waals surface area contributed by atoms with Crippen molar-refractivity contribution in [2.45, 2.75) is 26.8 Å². The number of phenols is 1. The summed E-state index contributed by atoms with van der Waals surface area (Å²) in [5, 5.41) is 21.8. The number of phenolic OH excluding ortho intramolecular Hbond substituents is 1. The third-order valence-corrected chi connectivity index (χ3v) is 6.38. The van der Waals surface area contributed by atoms with Crippen LogP contribution in [0.15, 0.2) is 72.3 Å². The van der Waals surface area contributed by atoms with Gasteiger partial charge in [0.25, 0.3) is 11.7 Å². The van der Waals surface area contributed by atoms with Crippen molar-refractivity contribution in [3.8, 4) is 17.2 Å². The molecule has 0 aromatic heterocycles. The molecule has 1 heterocycles. The third kappa shape index (κ3) is 5.70. The average Bonchev–Trinajstić information content (AvgIpc) is 3.18. The van der Waals surface area contributed by atoms with Crippen molar-refractivity contribution in [1.82, 2.24) is 0 Å². The van der Waals surface area contributed by atoms with Crippen LogP contribution in [0.3, 0.4) is 0 Å². The van der Waals surface area contributed by atoms with Crippen LogP contribution in [-0.2, 0) is 9.59 Å². The molecule has 39 heavy (non-hydrogen) atoms. The van der Waals surface area contributed by atoms with E-state index >= 15 is 0 Å². The maximum Gasteiger partial charge on any atom is 0.300 e. The number of benzene rings is 3. The summed E-state index contributed by atoms with van der Waals surface area (Å²) in [6, 6.07) is 17.7. The van der Waals surface area contributed by atoms with Gasteiger partial charge in [-0.25, -0.2) is 0 Å². The summed E-state index contributed by atoms with van der Waals surface area (Å²) in [5.74, 6) is -0.894. The number of Topliss-reactive ketones (excluding diaryl/α,β-unsaturated/α-hetero) is 1. The molecule has 1 aliphatic heterocycles. The van der Waals surface area contributed by atoms with Crippen LogP contribution in [-0.4, -0.2) is 49.2 Å². The van der Waals surface area contributed by atoms with Crippen LogP contribution in [0.1, 0.15) is 37.9 Å². The number of aromatic hydroxyl groups is 1. The molecular weight excluding hydrogens is 496 g/mol. The van der Waals surface area contributed by atoms with Gasteiger partial charge in [-0.1, -0.05) is 32.0 Å². The highest BCUT2D eigenvalue weighted by molar-refractivity contribution is 6.51. The lowest BCUT2D eigenvalue weighted by Crippen LogP contribution is -2.29. The number of amides is 1. The second-order valence-corrected chi connectivity index (χ2v) is 9.97. The number of aliphatic hydroxyl groups excluding tert-OH is 1. The Balaban J connectivity index is 1.88. The Labute approximate surface area is 228 Å². The zero-order valence-electron chi connectivity index (χ0n) is 22.8. The SMILES string of the molecule is CCOc1cc(C2/C(=C(/O)c3cccc(OCC(C)C)c3)C(=O)C(=O)N2c2ccc(N(C)C)cc2)ccc1O. The van der Waals surface area contributed by atoms with Crippen molar-refractivity contribution in [3.05, 3.63) is 83.4 Å². The van der Waals surface area contributed by atoms with E-state index < -0.39 is 17.7 Å². The predicted octanol–water partition coefficient (Wildman–Crippen LogP) is 5.52. The van der Waals surface area contributed by atoms with E-state index in [1.54, 1.807) is 55.5 Å². The van der Waals surface area contributed by atoms with Crippen LogP contribution in [0.5, 0.6) is 17.2 Å². The third-order valence-electron chi connectivity index (χ3n) is 6.38. The first-order valence-electron chi connectivity index (χ1n) is 12.9. The molecule has 1 aliphatic rings. The lowest BCUT2D eigenvalue weighted by Gasteiger charge is -2.26. The Bertz CT molecular complexity index is 1390. The summed E-state index contributed by atoms with van der Waals surface area (Å²) in [7, 11) is 3.82. The fraction of sp³-hybridized carbons (Fsp3) is 0.290. The van der Waals surface area contributed by atoms with Crippen LogP contribution >= 0.6 is 0 Å². The summed E-state index contributed by atoms with van der Waals surface area (Å²) in [4.78, 5) is 30.3. The number of carbonyl (C=O) groups excluding carboxylic acids is 2. The lowest BCUT2D eigenvalue weighted by molar-refractivity contribution is -0.132. The number of hydrogen-bond acceptors (Lipinski definition) is 7. The van der Waals surface area contributed by atoms with E-state index in [-0.39, 0.29) is 22.8 Å². The normalized spacial score (nSPS) is 16.6. The first kappa shape index (κ1) is 27.6. The molecule has 1 atom stereocenters. The number of hydrogen-bond donors (Lipinski definition) is 2. The number of aliphatic hydroxyl groups is 1. The second-order valence-electron chi connectivity index (χ2n) is 9.97. The molecule has 204 valence electrons. The van der Waals surface area contributed by atoms with Crippen LogP contribution in [0, 0.1) is 5.92 Å². The predicted molar refractivity (Wildman–Crippen MR) is 152 cm³/mol. The zero-order valence-corrected chi connectivity index (χ0v) is 22.8. The van der Waals surface area contributed by atoms with Gasteiger partial charge in [0.05, 0.1) is 24.8 Å². The maximum absolute atomic E-state index is 13.5. The van der Waals surface area contributed by atoms with Gasteiger partial charge in [0.1, 0.15) is 11.5 Å². The smallest absolute Gasteiger partial charge is 0.300 e. The summed E-state index contributed by atoms with van der Waals surface area (Å²) in [6.45, 7) is 6.66. The Hall–Kier alpha value is -4.46. The van der Waals surface area contributed by atoms with Crippen molar-refractivity contribution in [1.29, 1.82) is 0 Å². The molecule has 3 aromatic carbocycles. The monoisotopic (exact) mass is 530 g/mol. The molecule has 4 rings (SSSR count). The lowest BCUT2D eigenvalue weighted by atomic mass is 9.94. The molecule has 1 saturated heterocycles. The molecule has 1 unspecified atom stereocenters. The minimum absolute atomic E-state index is 0.0640. The van der Waals surface area contributed by atoms with Crippen molar-refractivity contribution in [3.63, 3.8) is 0 Å². The molecule has 3 aromatic rings. The summed E-state index contributed by atoms with van der Waals surface area (Å²) in [6.07, 6.45) is 0. The molecule has 0 aliphatic carbocycles. The van der Waals surface area contributed by atoms with E-state index in [4.69, 9.17) is 9.47 Å². The first-order valence-corrected chi connectivity index (χ1v) is 12.9. The Morgan fingerprint density at radius 3 is 2.36 bits per heavy atom. The molecule has 1 amide bonds. The van der Waals surface area contributed by atoms with Crippen molar-refractivity contribution < 1.29 is 29.3 Å². The summed E-state index contributed by atoms with van der Waals surface area (Å²) >= 11 is 0. The Morgan fingerprint density at radius 2 is 1.72 bits per heavy atom. The minimum atomic E-state index is -0.963. The van der Waals surface area contributed by atoms with Gasteiger partial charge in [-0.2, -0.15) is 0 Å². The van der Waals surface area contributed by atoms with Crippen molar-refractivity contribution in [2.75, 3.05) is 37.1 Å². The topological polar surface area (TPSA) is 99.5 Å². The number of ketones is 1. The Morgan fingerprint density at radius 1 is 1.00 bits per heavy atom. The minimum Gasteiger partial charge on any atom is -0.507 e. The van der Waals surface area contributed by atoms with Gasteiger partial charge in [0, 0.05) is 31.0 Å². The first-order chi connectivity index (χ1) is 18.6. The largest absolute Gasteiger partial charge is 0.507 e. The molecule has 0 radical (unpaired) electrons. The van der Waals surface area contributed by atoms with Gasteiger partial charge >= 0.3 is 0 Å². The molecule has 1 fully saturated rings. The second kappa shape index (κ2) is 11.5. The fourth-order valence-electron chi connectivity index (χ4n) is 4.45. The molecular formula is C31H34N2O6. The van der Waals surface area contributed by atoms with E-state index in [9.17, 15) is 19.8 Å². The highest BCUT2D eigenvalue weighted by Crippen LogP contribution is 2.44. The van der Waals surface area contributed by atoms with Gasteiger partial charge in [0.15, 0.2) is 11.5 Å². The van der Waals surface area contributed by atoms with Crippen molar-refractivity contribution >= 4 is 28.8 Å². The van der Waals surface area contributed by atoms with E-state index in [0.717, 1.165) is 5.69 Å². The van der Waals surface area contributed by atoms with Crippen LogP contribution < -0.4 is 19.3 Å². The van der Waals surface area contributed by atoms with Gasteiger partial charge in [0.2, 0.25) is 0 Å². The molecule has 0 saturated carbocycles. The fourth-order valence-corrected chi connectivity index (χ4v) is 4.45. The van der Waals surface area contributed by atoms with E-state index in [1.807, 2.05) is 45.0 Å². The molecule has 0 bridgehead atoms. The number of nitrogens with zero attached hydrogens (tertiary/aromatic N) is 2. The number of carbonyl (C=O) groups is 2.